The highest BCUT2D eigenvalue weighted by molar-refractivity contribution is 5.95. The molecular formula is C22H31NO2. The average Bonchev–Trinajstić information content (AvgIpc) is 2.56. The van der Waals surface area contributed by atoms with E-state index >= 15 is 0 Å². The molecule has 0 saturated heterocycles. The summed E-state index contributed by atoms with van der Waals surface area (Å²) in [6.45, 7) is 9.50. The van der Waals surface area contributed by atoms with Gasteiger partial charge in [0.05, 0.1) is 12.7 Å². The summed E-state index contributed by atoms with van der Waals surface area (Å²) in [4.78, 5) is 12.1. The smallest absolute Gasteiger partial charge is 0.339 e. The van der Waals surface area contributed by atoms with E-state index in [4.69, 9.17) is 4.74 Å². The van der Waals surface area contributed by atoms with Crippen LogP contribution in [0.2, 0.25) is 0 Å². The number of carbonyl (C=O) groups excluding carboxylic acids is 1. The van der Waals surface area contributed by atoms with Crippen molar-refractivity contribution in [1.29, 1.82) is 0 Å². The molecule has 136 valence electrons. The molecule has 1 N–H and O–H groups in total. The van der Waals surface area contributed by atoms with E-state index in [1.165, 1.54) is 26.4 Å². The lowest BCUT2D eigenvalue weighted by Crippen LogP contribution is -2.43. The number of methoxy groups -OCH3 is 1. The highest BCUT2D eigenvalue weighted by Crippen LogP contribution is 2.52. The SMILES string of the molecule is COC(=O)c1ccccc1N[C@@H]1CC2=C(CC1(C)C)C(C)(C)CCC2. The molecule has 0 spiro atoms. The molecule has 2 aliphatic carbocycles. The van der Waals surface area contributed by atoms with Crippen LogP contribution in [0.25, 0.3) is 0 Å². The third kappa shape index (κ3) is 3.47. The van der Waals surface area contributed by atoms with Crippen LogP contribution in [0.3, 0.4) is 0 Å². The van der Waals surface area contributed by atoms with Crippen LogP contribution < -0.4 is 5.32 Å². The van der Waals surface area contributed by atoms with Crippen molar-refractivity contribution in [2.24, 2.45) is 10.8 Å². The fourth-order valence-corrected chi connectivity index (χ4v) is 4.55. The van der Waals surface area contributed by atoms with E-state index in [0.717, 1.165) is 18.5 Å². The maximum Gasteiger partial charge on any atom is 0.339 e. The van der Waals surface area contributed by atoms with Gasteiger partial charge in [-0.15, -0.1) is 0 Å². The molecular weight excluding hydrogens is 310 g/mol. The molecule has 0 bridgehead atoms. The maximum atomic E-state index is 12.1. The van der Waals surface area contributed by atoms with Gasteiger partial charge in [0.2, 0.25) is 0 Å². The van der Waals surface area contributed by atoms with E-state index in [0.29, 0.717) is 17.0 Å². The van der Waals surface area contributed by atoms with Gasteiger partial charge in [0.25, 0.3) is 0 Å². The lowest BCUT2D eigenvalue weighted by atomic mass is 9.60. The Hall–Kier alpha value is -1.77. The van der Waals surface area contributed by atoms with E-state index in [-0.39, 0.29) is 11.4 Å². The third-order valence-corrected chi connectivity index (χ3v) is 6.21. The summed E-state index contributed by atoms with van der Waals surface area (Å²) in [7, 11) is 1.44. The number of esters is 1. The van der Waals surface area contributed by atoms with Gasteiger partial charge < -0.3 is 10.1 Å². The van der Waals surface area contributed by atoms with E-state index in [2.05, 4.69) is 33.0 Å². The van der Waals surface area contributed by atoms with E-state index in [1.54, 1.807) is 11.1 Å². The van der Waals surface area contributed by atoms with Crippen molar-refractivity contribution in [2.45, 2.75) is 65.8 Å². The van der Waals surface area contributed by atoms with Crippen LogP contribution in [0.15, 0.2) is 35.4 Å². The van der Waals surface area contributed by atoms with Crippen molar-refractivity contribution >= 4 is 11.7 Å². The molecule has 2 aliphatic rings. The number of carbonyl (C=O) groups is 1. The Kier molecular flexibility index (Phi) is 4.70. The summed E-state index contributed by atoms with van der Waals surface area (Å²) < 4.78 is 4.94. The molecule has 0 aliphatic heterocycles. The molecule has 0 amide bonds. The van der Waals surface area contributed by atoms with E-state index in [9.17, 15) is 4.79 Å². The van der Waals surface area contributed by atoms with Gasteiger partial charge >= 0.3 is 5.97 Å². The number of ether oxygens (including phenoxy) is 1. The van der Waals surface area contributed by atoms with Gasteiger partial charge in [0.1, 0.15) is 0 Å². The van der Waals surface area contributed by atoms with Gasteiger partial charge in [-0.25, -0.2) is 4.79 Å². The second-order valence-electron chi connectivity index (χ2n) is 8.92. The molecule has 0 unspecified atom stereocenters. The number of anilines is 1. The van der Waals surface area contributed by atoms with Gasteiger partial charge in [-0.05, 0) is 55.1 Å². The highest BCUT2D eigenvalue weighted by atomic mass is 16.5. The predicted octanol–water partition coefficient (Wildman–Crippen LogP) is 5.58. The first-order valence-electron chi connectivity index (χ1n) is 9.40. The first-order chi connectivity index (χ1) is 11.7. The molecule has 0 fully saturated rings. The van der Waals surface area contributed by atoms with Crippen LogP contribution in [0.4, 0.5) is 5.69 Å². The number of benzene rings is 1. The average molecular weight is 341 g/mol. The van der Waals surface area contributed by atoms with Crippen molar-refractivity contribution in [3.63, 3.8) is 0 Å². The Labute approximate surface area is 151 Å². The summed E-state index contributed by atoms with van der Waals surface area (Å²) in [6, 6.07) is 7.99. The first kappa shape index (κ1) is 18.0. The summed E-state index contributed by atoms with van der Waals surface area (Å²) in [6.07, 6.45) is 6.02. The molecule has 1 atom stereocenters. The lowest BCUT2D eigenvalue weighted by molar-refractivity contribution is 0.0601. The van der Waals surface area contributed by atoms with E-state index < -0.39 is 0 Å². The number of rotatable bonds is 3. The van der Waals surface area contributed by atoms with E-state index in [1.807, 2.05) is 24.3 Å². The summed E-state index contributed by atoms with van der Waals surface area (Å²) in [5, 5.41) is 3.68. The van der Waals surface area contributed by atoms with Crippen LogP contribution in [-0.2, 0) is 4.74 Å². The summed E-state index contributed by atoms with van der Waals surface area (Å²) in [5.74, 6) is -0.282. The second kappa shape index (κ2) is 6.51. The van der Waals surface area contributed by atoms with Gasteiger partial charge in [-0.3, -0.25) is 0 Å². The summed E-state index contributed by atoms with van der Waals surface area (Å²) in [5.41, 5.74) is 5.30. The van der Waals surface area contributed by atoms with Crippen LogP contribution in [-0.4, -0.2) is 19.1 Å². The van der Waals surface area contributed by atoms with Gasteiger partial charge in [0.15, 0.2) is 0 Å². The molecule has 3 rings (SSSR count). The van der Waals surface area contributed by atoms with Crippen molar-refractivity contribution in [3.8, 4) is 0 Å². The Balaban J connectivity index is 1.90. The van der Waals surface area contributed by atoms with Crippen molar-refractivity contribution < 1.29 is 9.53 Å². The summed E-state index contributed by atoms with van der Waals surface area (Å²) >= 11 is 0. The fraction of sp³-hybridized carbons (Fsp3) is 0.591. The van der Waals surface area contributed by atoms with Crippen LogP contribution >= 0.6 is 0 Å². The second-order valence-corrected chi connectivity index (χ2v) is 8.92. The lowest BCUT2D eigenvalue weighted by Gasteiger charge is -2.48. The van der Waals surface area contributed by atoms with Crippen molar-refractivity contribution in [1.82, 2.24) is 0 Å². The van der Waals surface area contributed by atoms with Crippen LogP contribution in [0.5, 0.6) is 0 Å². The fourth-order valence-electron chi connectivity index (χ4n) is 4.55. The number of hydrogen-bond acceptors (Lipinski definition) is 3. The Bertz CT molecular complexity index is 700. The zero-order chi connectivity index (χ0) is 18.2. The van der Waals surface area contributed by atoms with Gasteiger partial charge in [-0.1, -0.05) is 51.0 Å². The minimum absolute atomic E-state index is 0.149. The number of allylic oxidation sites excluding steroid dienone is 1. The Morgan fingerprint density at radius 3 is 2.64 bits per heavy atom. The first-order valence-corrected chi connectivity index (χ1v) is 9.40. The van der Waals surface area contributed by atoms with Crippen LogP contribution in [0.1, 0.15) is 70.2 Å². The predicted molar refractivity (Wildman–Crippen MR) is 103 cm³/mol. The van der Waals surface area contributed by atoms with Crippen molar-refractivity contribution in [3.05, 3.63) is 41.0 Å². The van der Waals surface area contributed by atoms with Gasteiger partial charge in [0, 0.05) is 11.7 Å². The highest BCUT2D eigenvalue weighted by Gasteiger charge is 2.42. The molecule has 3 nitrogen and oxygen atoms in total. The van der Waals surface area contributed by atoms with Gasteiger partial charge in [-0.2, -0.15) is 0 Å². The Morgan fingerprint density at radius 2 is 1.92 bits per heavy atom. The normalized spacial score (nSPS) is 24.4. The maximum absolute atomic E-state index is 12.1. The molecule has 0 radical (unpaired) electrons. The number of para-hydroxylation sites is 1. The topological polar surface area (TPSA) is 38.3 Å². The number of hydrogen-bond donors (Lipinski definition) is 1. The van der Waals surface area contributed by atoms with Crippen LogP contribution in [0, 0.1) is 10.8 Å². The minimum Gasteiger partial charge on any atom is -0.465 e. The monoisotopic (exact) mass is 341 g/mol. The minimum atomic E-state index is -0.282. The molecule has 1 aromatic rings. The zero-order valence-corrected chi connectivity index (χ0v) is 16.2. The molecule has 0 aromatic heterocycles. The molecule has 1 aromatic carbocycles. The number of nitrogens with one attached hydrogen (secondary N) is 1. The largest absolute Gasteiger partial charge is 0.465 e. The molecule has 3 heteroatoms. The molecule has 0 heterocycles. The quantitative estimate of drug-likeness (QED) is 0.576. The standard InChI is InChI=1S/C22H31NO2/c1-21(2)12-8-9-15-13-19(22(3,4)14-17(15)21)23-18-11-7-6-10-16(18)20(24)25-5/h6-7,10-11,19,23H,8-9,12-14H2,1-5H3/t19-/m1/s1. The zero-order valence-electron chi connectivity index (χ0n) is 16.2. The Morgan fingerprint density at radius 1 is 1.20 bits per heavy atom. The molecule has 0 saturated carbocycles. The molecule has 25 heavy (non-hydrogen) atoms. The third-order valence-electron chi connectivity index (χ3n) is 6.21. The van der Waals surface area contributed by atoms with Crippen molar-refractivity contribution in [2.75, 3.05) is 12.4 Å².